The van der Waals surface area contributed by atoms with Gasteiger partial charge in [0.25, 0.3) is 0 Å². The average molecular weight is 342 g/mol. The molecular formula is C16H26N2O4S. The number of methoxy groups -OCH3 is 1. The lowest BCUT2D eigenvalue weighted by atomic mass is 10.1. The molecule has 0 spiro atoms. The second-order valence-electron chi connectivity index (χ2n) is 5.52. The number of hydrogen-bond donors (Lipinski definition) is 1. The first-order chi connectivity index (χ1) is 10.8. The van der Waals surface area contributed by atoms with E-state index in [9.17, 15) is 13.2 Å². The van der Waals surface area contributed by atoms with Crippen molar-refractivity contribution in [3.8, 4) is 0 Å². The molecule has 0 fully saturated rings. The number of hydrogen-bond acceptors (Lipinski definition) is 4. The van der Waals surface area contributed by atoms with Gasteiger partial charge in [0, 0.05) is 39.8 Å². The topological polar surface area (TPSA) is 75.7 Å². The van der Waals surface area contributed by atoms with E-state index in [1.807, 2.05) is 31.2 Å². The van der Waals surface area contributed by atoms with Crippen molar-refractivity contribution in [3.05, 3.63) is 35.4 Å². The molecule has 0 saturated carbocycles. The molecule has 0 radical (unpaired) electrons. The van der Waals surface area contributed by atoms with E-state index < -0.39 is 10.0 Å². The minimum absolute atomic E-state index is 0.145. The Morgan fingerprint density at radius 2 is 2.04 bits per heavy atom. The van der Waals surface area contributed by atoms with Gasteiger partial charge in [-0.3, -0.25) is 4.79 Å². The normalized spacial score (nSPS) is 11.7. The summed E-state index contributed by atoms with van der Waals surface area (Å²) in [5, 5.41) is 2.82. The zero-order valence-electron chi connectivity index (χ0n) is 14.0. The summed E-state index contributed by atoms with van der Waals surface area (Å²) in [7, 11) is -1.74. The van der Waals surface area contributed by atoms with Crippen LogP contribution in [0.4, 0.5) is 0 Å². The molecule has 0 saturated heterocycles. The fourth-order valence-electron chi connectivity index (χ4n) is 2.17. The number of rotatable bonds is 10. The smallest absolute Gasteiger partial charge is 0.221 e. The van der Waals surface area contributed by atoms with Gasteiger partial charge >= 0.3 is 0 Å². The fraction of sp³-hybridized carbons (Fsp3) is 0.562. The monoisotopic (exact) mass is 342 g/mol. The van der Waals surface area contributed by atoms with Crippen molar-refractivity contribution in [2.75, 3.05) is 33.1 Å². The van der Waals surface area contributed by atoms with E-state index in [2.05, 4.69) is 5.32 Å². The lowest BCUT2D eigenvalue weighted by Crippen LogP contribution is -2.35. The van der Waals surface area contributed by atoms with Crippen LogP contribution in [0.1, 0.15) is 24.0 Å². The Morgan fingerprint density at radius 3 is 2.65 bits per heavy atom. The molecular weight excluding hydrogens is 316 g/mol. The van der Waals surface area contributed by atoms with Gasteiger partial charge in [-0.15, -0.1) is 0 Å². The van der Waals surface area contributed by atoms with Crippen molar-refractivity contribution in [3.63, 3.8) is 0 Å². The third-order valence-electron chi connectivity index (χ3n) is 3.39. The Kier molecular flexibility index (Phi) is 8.22. The molecule has 130 valence electrons. The van der Waals surface area contributed by atoms with Gasteiger partial charge in [-0.2, -0.15) is 0 Å². The van der Waals surface area contributed by atoms with E-state index in [0.717, 1.165) is 17.4 Å². The quantitative estimate of drug-likeness (QED) is 0.650. The van der Waals surface area contributed by atoms with Crippen LogP contribution in [0.25, 0.3) is 0 Å². The highest BCUT2D eigenvalue weighted by atomic mass is 32.2. The van der Waals surface area contributed by atoms with Crippen LogP contribution in [0, 0.1) is 6.92 Å². The predicted molar refractivity (Wildman–Crippen MR) is 90.6 cm³/mol. The number of sulfonamides is 1. The number of nitrogens with zero attached hydrogens (tertiary/aromatic N) is 1. The second kappa shape index (κ2) is 9.64. The molecule has 0 aliphatic rings. The number of carbonyl (C=O) groups excluding carboxylic acids is 1. The summed E-state index contributed by atoms with van der Waals surface area (Å²) in [6, 6.07) is 7.89. The Hall–Kier alpha value is -1.44. The van der Waals surface area contributed by atoms with Gasteiger partial charge in [-0.25, -0.2) is 12.7 Å². The van der Waals surface area contributed by atoms with Gasteiger partial charge in [0.15, 0.2) is 0 Å². The van der Waals surface area contributed by atoms with Gasteiger partial charge < -0.3 is 10.1 Å². The van der Waals surface area contributed by atoms with E-state index in [-0.39, 0.29) is 18.9 Å². The molecule has 6 nitrogen and oxygen atoms in total. The molecule has 0 aliphatic carbocycles. The number of amides is 1. The van der Waals surface area contributed by atoms with Crippen molar-refractivity contribution >= 4 is 15.9 Å². The maximum Gasteiger partial charge on any atom is 0.221 e. The summed E-state index contributed by atoms with van der Waals surface area (Å²) in [6.45, 7) is 3.48. The van der Waals surface area contributed by atoms with Crippen LogP contribution in [-0.4, -0.2) is 51.7 Å². The zero-order chi connectivity index (χ0) is 17.3. The van der Waals surface area contributed by atoms with Crippen molar-refractivity contribution in [1.29, 1.82) is 0 Å². The number of nitrogens with one attached hydrogen (secondary N) is 1. The van der Waals surface area contributed by atoms with Gasteiger partial charge in [0.1, 0.15) is 0 Å². The highest BCUT2D eigenvalue weighted by Gasteiger charge is 2.17. The SMILES string of the molecule is COCCCN(CCC(=O)NCc1cccc(C)c1)S(C)(=O)=O. The van der Waals surface area contributed by atoms with Crippen LogP contribution in [0.3, 0.4) is 0 Å². The van der Waals surface area contributed by atoms with Crippen LogP contribution in [-0.2, 0) is 26.1 Å². The first kappa shape index (κ1) is 19.6. The second-order valence-corrected chi connectivity index (χ2v) is 7.51. The summed E-state index contributed by atoms with van der Waals surface area (Å²) in [6.07, 6.45) is 1.91. The van der Waals surface area contributed by atoms with Crippen LogP contribution in [0.2, 0.25) is 0 Å². The predicted octanol–water partition coefficient (Wildman–Crippen LogP) is 1.30. The third kappa shape index (κ3) is 8.11. The number of ether oxygens (including phenoxy) is 1. The number of aryl methyl sites for hydroxylation is 1. The van der Waals surface area contributed by atoms with Crippen molar-refractivity contribution in [2.45, 2.75) is 26.3 Å². The van der Waals surface area contributed by atoms with E-state index in [4.69, 9.17) is 4.74 Å². The minimum atomic E-state index is -3.32. The molecule has 0 atom stereocenters. The van der Waals surface area contributed by atoms with E-state index in [0.29, 0.717) is 26.1 Å². The highest BCUT2D eigenvalue weighted by Crippen LogP contribution is 2.04. The summed E-state index contributed by atoms with van der Waals surface area (Å²) >= 11 is 0. The van der Waals surface area contributed by atoms with Crippen molar-refractivity contribution < 1.29 is 17.9 Å². The van der Waals surface area contributed by atoms with E-state index in [1.54, 1.807) is 7.11 Å². The molecule has 0 aliphatic heterocycles. The van der Waals surface area contributed by atoms with Crippen LogP contribution >= 0.6 is 0 Å². The van der Waals surface area contributed by atoms with E-state index >= 15 is 0 Å². The largest absolute Gasteiger partial charge is 0.385 e. The molecule has 0 unspecified atom stereocenters. The molecule has 0 aromatic heterocycles. The minimum Gasteiger partial charge on any atom is -0.385 e. The third-order valence-corrected chi connectivity index (χ3v) is 4.69. The summed E-state index contributed by atoms with van der Waals surface area (Å²) in [5.41, 5.74) is 2.16. The standard InChI is InChI=1S/C16H26N2O4S/c1-14-6-4-7-15(12-14)13-17-16(19)8-10-18(23(3,20)21)9-5-11-22-2/h4,6-7,12H,5,8-11,13H2,1-3H3,(H,17,19). The molecule has 1 aromatic carbocycles. The maximum absolute atomic E-state index is 11.9. The Morgan fingerprint density at radius 1 is 1.30 bits per heavy atom. The van der Waals surface area contributed by atoms with Crippen LogP contribution < -0.4 is 5.32 Å². The summed E-state index contributed by atoms with van der Waals surface area (Å²) in [4.78, 5) is 11.9. The molecule has 1 rings (SSSR count). The van der Waals surface area contributed by atoms with Crippen LogP contribution in [0.5, 0.6) is 0 Å². The molecule has 0 heterocycles. The van der Waals surface area contributed by atoms with E-state index in [1.165, 1.54) is 4.31 Å². The lowest BCUT2D eigenvalue weighted by molar-refractivity contribution is -0.121. The Labute approximate surface area is 138 Å². The first-order valence-corrected chi connectivity index (χ1v) is 9.44. The zero-order valence-corrected chi connectivity index (χ0v) is 14.9. The fourth-order valence-corrected chi connectivity index (χ4v) is 3.05. The molecule has 1 N–H and O–H groups in total. The Bertz CT molecular complexity index is 602. The lowest BCUT2D eigenvalue weighted by Gasteiger charge is -2.19. The number of benzene rings is 1. The van der Waals surface area contributed by atoms with Gasteiger partial charge in [-0.05, 0) is 18.9 Å². The molecule has 1 amide bonds. The van der Waals surface area contributed by atoms with Crippen molar-refractivity contribution in [1.82, 2.24) is 9.62 Å². The Balaban J connectivity index is 2.42. The molecule has 1 aromatic rings. The first-order valence-electron chi connectivity index (χ1n) is 7.59. The maximum atomic E-state index is 11.9. The van der Waals surface area contributed by atoms with Gasteiger partial charge in [0.2, 0.25) is 15.9 Å². The van der Waals surface area contributed by atoms with Gasteiger partial charge in [0.05, 0.1) is 6.26 Å². The van der Waals surface area contributed by atoms with Gasteiger partial charge in [-0.1, -0.05) is 29.8 Å². The van der Waals surface area contributed by atoms with Crippen molar-refractivity contribution in [2.24, 2.45) is 0 Å². The summed E-state index contributed by atoms with van der Waals surface area (Å²) in [5.74, 6) is -0.160. The molecule has 7 heteroatoms. The number of carbonyl (C=O) groups is 1. The molecule has 0 bridgehead atoms. The van der Waals surface area contributed by atoms with Crippen LogP contribution in [0.15, 0.2) is 24.3 Å². The highest BCUT2D eigenvalue weighted by molar-refractivity contribution is 7.88. The molecule has 23 heavy (non-hydrogen) atoms. The summed E-state index contributed by atoms with van der Waals surface area (Å²) < 4.78 is 29.7. The average Bonchev–Trinajstić information content (AvgIpc) is 2.47.